The highest BCUT2D eigenvalue weighted by atomic mass is 31.0. The molecule has 0 spiro atoms. The summed E-state index contributed by atoms with van der Waals surface area (Å²) in [5.41, 5.74) is 6.17. The first-order chi connectivity index (χ1) is 3.79. The standard InChI is InChI=1S/C5H12NOP/c6-4-1-5(8)3-7-2-4/h4-5H,1-3,6,8H2. The van der Waals surface area contributed by atoms with E-state index in [1.165, 1.54) is 0 Å². The number of hydrogen-bond acceptors (Lipinski definition) is 2. The van der Waals surface area contributed by atoms with Gasteiger partial charge < -0.3 is 10.5 Å². The highest BCUT2D eigenvalue weighted by molar-refractivity contribution is 7.17. The van der Waals surface area contributed by atoms with Crippen molar-refractivity contribution in [1.29, 1.82) is 0 Å². The molecule has 3 unspecified atom stereocenters. The third-order valence-corrected chi connectivity index (χ3v) is 1.73. The summed E-state index contributed by atoms with van der Waals surface area (Å²) in [6.07, 6.45) is 1.09. The summed E-state index contributed by atoms with van der Waals surface area (Å²) in [5.74, 6) is 0. The molecule has 3 heteroatoms. The SMILES string of the molecule is NC1COCC(P)C1. The van der Waals surface area contributed by atoms with Crippen molar-refractivity contribution in [3.63, 3.8) is 0 Å². The molecule has 0 aromatic heterocycles. The van der Waals surface area contributed by atoms with E-state index in [9.17, 15) is 0 Å². The molecule has 1 aliphatic heterocycles. The summed E-state index contributed by atoms with van der Waals surface area (Å²) in [6.45, 7) is 1.60. The van der Waals surface area contributed by atoms with Crippen molar-refractivity contribution in [2.75, 3.05) is 13.2 Å². The normalized spacial score (nSPS) is 39.8. The Morgan fingerprint density at radius 2 is 2.25 bits per heavy atom. The van der Waals surface area contributed by atoms with Crippen LogP contribution in [0.15, 0.2) is 0 Å². The lowest BCUT2D eigenvalue weighted by molar-refractivity contribution is 0.0866. The van der Waals surface area contributed by atoms with Crippen LogP contribution in [0.3, 0.4) is 0 Å². The van der Waals surface area contributed by atoms with Gasteiger partial charge >= 0.3 is 0 Å². The number of ether oxygens (including phenoxy) is 1. The number of rotatable bonds is 0. The molecule has 1 rings (SSSR count). The van der Waals surface area contributed by atoms with Gasteiger partial charge in [0.05, 0.1) is 13.2 Å². The predicted molar refractivity (Wildman–Crippen MR) is 36.9 cm³/mol. The maximum atomic E-state index is 5.59. The fraction of sp³-hybridized carbons (Fsp3) is 1.00. The van der Waals surface area contributed by atoms with Crippen molar-refractivity contribution in [1.82, 2.24) is 0 Å². The lowest BCUT2D eigenvalue weighted by Crippen LogP contribution is -2.36. The summed E-state index contributed by atoms with van der Waals surface area (Å²) in [6, 6.07) is 0.270. The van der Waals surface area contributed by atoms with Crippen LogP contribution in [0.5, 0.6) is 0 Å². The second-order valence-electron chi connectivity index (χ2n) is 2.29. The van der Waals surface area contributed by atoms with Gasteiger partial charge in [-0.3, -0.25) is 0 Å². The lowest BCUT2D eigenvalue weighted by Gasteiger charge is -2.23. The molecule has 3 atom stereocenters. The van der Waals surface area contributed by atoms with Crippen LogP contribution in [0.4, 0.5) is 0 Å². The average molecular weight is 133 g/mol. The second kappa shape index (κ2) is 2.77. The summed E-state index contributed by atoms with van der Waals surface area (Å²) >= 11 is 0. The Labute approximate surface area is 52.0 Å². The molecule has 0 aromatic rings. The molecule has 1 heterocycles. The van der Waals surface area contributed by atoms with Crippen molar-refractivity contribution >= 4 is 9.24 Å². The first kappa shape index (κ1) is 6.47. The molecule has 8 heavy (non-hydrogen) atoms. The van der Waals surface area contributed by atoms with Gasteiger partial charge in [0.25, 0.3) is 0 Å². The molecule has 48 valence electrons. The van der Waals surface area contributed by atoms with E-state index >= 15 is 0 Å². The van der Waals surface area contributed by atoms with Crippen LogP contribution in [0.25, 0.3) is 0 Å². The van der Waals surface area contributed by atoms with E-state index in [1.54, 1.807) is 0 Å². The number of hydrogen-bond donors (Lipinski definition) is 1. The molecular weight excluding hydrogens is 121 g/mol. The molecule has 0 aliphatic carbocycles. The van der Waals surface area contributed by atoms with E-state index in [2.05, 4.69) is 9.24 Å². The molecule has 2 N–H and O–H groups in total. The monoisotopic (exact) mass is 133 g/mol. The molecule has 0 amide bonds. The Bertz CT molecular complexity index is 70.8. The summed E-state index contributed by atoms with van der Waals surface area (Å²) < 4.78 is 5.15. The van der Waals surface area contributed by atoms with Crippen molar-refractivity contribution in [2.45, 2.75) is 18.1 Å². The van der Waals surface area contributed by atoms with E-state index in [0.29, 0.717) is 5.66 Å². The zero-order chi connectivity index (χ0) is 5.98. The van der Waals surface area contributed by atoms with Crippen LogP contribution < -0.4 is 5.73 Å². The fourth-order valence-corrected chi connectivity index (χ4v) is 1.38. The quantitative estimate of drug-likeness (QED) is 0.471. The third-order valence-electron chi connectivity index (χ3n) is 1.27. The van der Waals surface area contributed by atoms with Crippen LogP contribution in [0.1, 0.15) is 6.42 Å². The van der Waals surface area contributed by atoms with Crippen LogP contribution >= 0.6 is 9.24 Å². The van der Waals surface area contributed by atoms with Crippen molar-refractivity contribution in [3.8, 4) is 0 Å². The van der Waals surface area contributed by atoms with Crippen molar-refractivity contribution < 1.29 is 4.74 Å². The Balaban J connectivity index is 2.23. The molecule has 0 aromatic carbocycles. The van der Waals surface area contributed by atoms with Gasteiger partial charge in [-0.15, -0.1) is 9.24 Å². The third kappa shape index (κ3) is 1.70. The van der Waals surface area contributed by atoms with Crippen LogP contribution in [-0.2, 0) is 4.74 Å². The second-order valence-corrected chi connectivity index (χ2v) is 3.24. The van der Waals surface area contributed by atoms with E-state index in [-0.39, 0.29) is 6.04 Å². The summed E-state index contributed by atoms with van der Waals surface area (Å²) in [7, 11) is 2.72. The van der Waals surface area contributed by atoms with Gasteiger partial charge in [-0.1, -0.05) is 0 Å². The average Bonchev–Trinajstić information content (AvgIpc) is 1.64. The highest BCUT2D eigenvalue weighted by Crippen LogP contribution is 2.12. The topological polar surface area (TPSA) is 35.2 Å². The molecule has 1 saturated heterocycles. The van der Waals surface area contributed by atoms with Gasteiger partial charge in [0.1, 0.15) is 0 Å². The largest absolute Gasteiger partial charge is 0.379 e. The highest BCUT2D eigenvalue weighted by Gasteiger charge is 2.14. The van der Waals surface area contributed by atoms with Gasteiger partial charge in [-0.2, -0.15) is 0 Å². The molecule has 2 nitrogen and oxygen atoms in total. The van der Waals surface area contributed by atoms with Crippen LogP contribution in [-0.4, -0.2) is 24.9 Å². The Hall–Kier alpha value is 0.350. The van der Waals surface area contributed by atoms with Crippen molar-refractivity contribution in [3.05, 3.63) is 0 Å². The zero-order valence-electron chi connectivity index (χ0n) is 4.84. The van der Waals surface area contributed by atoms with E-state index < -0.39 is 0 Å². The minimum Gasteiger partial charge on any atom is -0.379 e. The van der Waals surface area contributed by atoms with E-state index in [0.717, 1.165) is 19.6 Å². The molecule has 0 bridgehead atoms. The predicted octanol–water partition coefficient (Wildman–Crippen LogP) is -0.0223. The summed E-state index contributed by atoms with van der Waals surface area (Å²) in [4.78, 5) is 0. The fourth-order valence-electron chi connectivity index (χ4n) is 0.896. The minimum absolute atomic E-state index is 0.270. The maximum absolute atomic E-state index is 5.59. The smallest absolute Gasteiger partial charge is 0.0618 e. The van der Waals surface area contributed by atoms with Gasteiger partial charge in [0.15, 0.2) is 0 Å². The molecule has 0 saturated carbocycles. The summed E-state index contributed by atoms with van der Waals surface area (Å²) in [5, 5.41) is 0. The molecular formula is C5H12NOP. The maximum Gasteiger partial charge on any atom is 0.0618 e. The van der Waals surface area contributed by atoms with Gasteiger partial charge in [-0.05, 0) is 12.1 Å². The van der Waals surface area contributed by atoms with E-state index in [1.807, 2.05) is 0 Å². The Morgan fingerprint density at radius 1 is 1.50 bits per heavy atom. The first-order valence-corrected chi connectivity index (χ1v) is 3.54. The van der Waals surface area contributed by atoms with Crippen LogP contribution in [0, 0.1) is 0 Å². The minimum atomic E-state index is 0.270. The first-order valence-electron chi connectivity index (χ1n) is 2.88. The van der Waals surface area contributed by atoms with Gasteiger partial charge in [0, 0.05) is 6.04 Å². The Morgan fingerprint density at radius 3 is 2.62 bits per heavy atom. The van der Waals surface area contributed by atoms with Crippen molar-refractivity contribution in [2.24, 2.45) is 5.73 Å². The molecule has 0 radical (unpaired) electrons. The Kier molecular flexibility index (Phi) is 2.24. The zero-order valence-corrected chi connectivity index (χ0v) is 5.99. The van der Waals surface area contributed by atoms with E-state index in [4.69, 9.17) is 10.5 Å². The lowest BCUT2D eigenvalue weighted by atomic mass is 10.1. The van der Waals surface area contributed by atoms with Gasteiger partial charge in [0.2, 0.25) is 0 Å². The number of nitrogens with two attached hydrogens (primary N) is 1. The van der Waals surface area contributed by atoms with Crippen LogP contribution in [0.2, 0.25) is 0 Å². The molecule has 1 aliphatic rings. The molecule has 1 fully saturated rings. The van der Waals surface area contributed by atoms with Gasteiger partial charge in [-0.25, -0.2) is 0 Å².